The third kappa shape index (κ3) is 5.97. The van der Waals surface area contributed by atoms with Crippen LogP contribution in [0.4, 0.5) is 0 Å². The van der Waals surface area contributed by atoms with E-state index in [1.807, 2.05) is 44.2 Å². The van der Waals surface area contributed by atoms with Crippen molar-refractivity contribution in [1.29, 1.82) is 0 Å². The van der Waals surface area contributed by atoms with E-state index in [0.717, 1.165) is 27.0 Å². The number of carbonyl (C=O) groups excluding carboxylic acids is 2. The van der Waals surface area contributed by atoms with Crippen molar-refractivity contribution in [2.45, 2.75) is 44.6 Å². The molecule has 1 aliphatic heterocycles. The molecule has 0 bridgehead atoms. The second-order valence-corrected chi connectivity index (χ2v) is 11.7. The highest BCUT2D eigenvalue weighted by Gasteiger charge is 2.34. The summed E-state index contributed by atoms with van der Waals surface area (Å²) in [4.78, 5) is 55.9. The second kappa shape index (κ2) is 11.6. The minimum absolute atomic E-state index is 0.0583. The fourth-order valence-electron chi connectivity index (χ4n) is 4.55. The summed E-state index contributed by atoms with van der Waals surface area (Å²) in [5.74, 6) is -1.01. The van der Waals surface area contributed by atoms with E-state index in [0.29, 0.717) is 23.4 Å². The molecule has 13 heteroatoms. The summed E-state index contributed by atoms with van der Waals surface area (Å²) in [6, 6.07) is 12.7. The molecule has 0 radical (unpaired) electrons. The number of thiazole rings is 1. The van der Waals surface area contributed by atoms with Crippen LogP contribution < -0.4 is 11.2 Å². The van der Waals surface area contributed by atoms with Crippen molar-refractivity contribution in [2.75, 3.05) is 6.61 Å². The molecule has 2 aromatic carbocycles. The molecule has 3 heterocycles. The molecule has 41 heavy (non-hydrogen) atoms. The highest BCUT2D eigenvalue weighted by Crippen LogP contribution is 2.44. The highest BCUT2D eigenvalue weighted by molar-refractivity contribution is 7.12. The lowest BCUT2D eigenvalue weighted by Crippen LogP contribution is -2.30. The van der Waals surface area contributed by atoms with Crippen LogP contribution in [0.5, 0.6) is 0 Å². The highest BCUT2D eigenvalue weighted by atomic mass is 35.5. The van der Waals surface area contributed by atoms with E-state index < -0.39 is 34.7 Å². The van der Waals surface area contributed by atoms with Crippen LogP contribution in [0.1, 0.15) is 42.1 Å². The van der Waals surface area contributed by atoms with Gasteiger partial charge in [0.2, 0.25) is 6.10 Å². The number of aromatic amines is 1. The summed E-state index contributed by atoms with van der Waals surface area (Å²) in [7, 11) is 0. The number of esters is 2. The van der Waals surface area contributed by atoms with Crippen molar-refractivity contribution in [3.8, 4) is 16.9 Å². The number of rotatable bonds is 8. The van der Waals surface area contributed by atoms with Gasteiger partial charge in [-0.1, -0.05) is 53.5 Å². The number of halogens is 2. The van der Waals surface area contributed by atoms with Gasteiger partial charge in [-0.15, -0.1) is 11.3 Å². The van der Waals surface area contributed by atoms with Crippen molar-refractivity contribution in [1.82, 2.24) is 19.7 Å². The first-order valence-electron chi connectivity index (χ1n) is 12.6. The van der Waals surface area contributed by atoms with Crippen molar-refractivity contribution >= 4 is 46.5 Å². The second-order valence-electron chi connectivity index (χ2n) is 9.85. The lowest BCUT2D eigenvalue weighted by molar-refractivity contribution is -0.160. The largest absolute Gasteiger partial charge is 0.463 e. The van der Waals surface area contributed by atoms with Crippen LogP contribution in [0.15, 0.2) is 58.3 Å². The summed E-state index contributed by atoms with van der Waals surface area (Å²) in [5, 5.41) is 5.13. The Balaban J connectivity index is 1.48. The number of aromatic nitrogens is 4. The number of H-pyrrole nitrogens is 1. The summed E-state index contributed by atoms with van der Waals surface area (Å²) in [6.45, 7) is 4.11. The Morgan fingerprint density at radius 2 is 1.88 bits per heavy atom. The summed E-state index contributed by atoms with van der Waals surface area (Å²) >= 11 is 14.9. The number of cyclic esters (lactones) is 1. The molecule has 1 unspecified atom stereocenters. The topological polar surface area (TPSA) is 133 Å². The standard InChI is InChI=1S/C28H24Cl2N4O6S/c1-28(2,23-17(29)12-16(13-18(23)30)34-27(38)32-21(35)14-31-34)26-33-24(15-6-4-3-5-7-15)20(41-26)8-9-22(36)40-19-10-11-39-25(19)37/h3-7,12-14,19H,8-11H2,1-2H3,(H,32,35,38). The van der Waals surface area contributed by atoms with Crippen LogP contribution in [-0.2, 0) is 30.9 Å². The molecule has 10 nitrogen and oxygen atoms in total. The molecule has 1 atom stereocenters. The van der Waals surface area contributed by atoms with Crippen molar-refractivity contribution < 1.29 is 19.1 Å². The van der Waals surface area contributed by atoms with Crippen molar-refractivity contribution in [3.63, 3.8) is 0 Å². The van der Waals surface area contributed by atoms with Gasteiger partial charge in [0.15, 0.2) is 0 Å². The Morgan fingerprint density at radius 1 is 1.17 bits per heavy atom. The third-order valence-corrected chi connectivity index (χ3v) is 8.64. The van der Waals surface area contributed by atoms with Gasteiger partial charge in [-0.2, -0.15) is 9.78 Å². The molecule has 0 amide bonds. The Kier molecular flexibility index (Phi) is 8.12. The van der Waals surface area contributed by atoms with Gasteiger partial charge in [-0.25, -0.2) is 14.6 Å². The predicted octanol–water partition coefficient (Wildman–Crippen LogP) is 4.47. The van der Waals surface area contributed by atoms with E-state index in [2.05, 4.69) is 10.1 Å². The van der Waals surface area contributed by atoms with Crippen LogP contribution in [0.2, 0.25) is 10.0 Å². The molecule has 1 aliphatic rings. The number of nitrogens with zero attached hydrogens (tertiary/aromatic N) is 3. The quantitative estimate of drug-likeness (QED) is 0.287. The lowest BCUT2D eigenvalue weighted by atomic mass is 9.85. The number of nitrogens with one attached hydrogen (secondary N) is 1. The van der Waals surface area contributed by atoms with E-state index >= 15 is 0 Å². The number of aryl methyl sites for hydroxylation is 1. The first-order valence-corrected chi connectivity index (χ1v) is 14.2. The van der Waals surface area contributed by atoms with E-state index in [4.69, 9.17) is 37.7 Å². The molecular formula is C28H24Cl2N4O6S. The van der Waals surface area contributed by atoms with Gasteiger partial charge >= 0.3 is 17.6 Å². The van der Waals surface area contributed by atoms with E-state index in [1.54, 1.807) is 12.1 Å². The average molecular weight is 615 g/mol. The number of carbonyl (C=O) groups is 2. The van der Waals surface area contributed by atoms with Gasteiger partial charge < -0.3 is 9.47 Å². The van der Waals surface area contributed by atoms with Gasteiger partial charge in [0, 0.05) is 37.9 Å². The fourth-order valence-corrected chi connectivity index (χ4v) is 6.69. The number of ether oxygens (including phenoxy) is 2. The maximum absolute atomic E-state index is 12.5. The monoisotopic (exact) mass is 614 g/mol. The molecule has 1 N–H and O–H groups in total. The van der Waals surface area contributed by atoms with Gasteiger partial charge in [0.25, 0.3) is 5.56 Å². The van der Waals surface area contributed by atoms with Crippen LogP contribution in [-0.4, -0.2) is 44.4 Å². The summed E-state index contributed by atoms with van der Waals surface area (Å²) in [5.41, 5.74) is 0.346. The van der Waals surface area contributed by atoms with Crippen molar-refractivity contribution in [2.24, 2.45) is 0 Å². The molecular weight excluding hydrogens is 591 g/mol. The maximum Gasteiger partial charge on any atom is 0.349 e. The van der Waals surface area contributed by atoms with Gasteiger partial charge in [0.1, 0.15) is 11.2 Å². The maximum atomic E-state index is 12.5. The van der Waals surface area contributed by atoms with Crippen LogP contribution in [0.3, 0.4) is 0 Å². The smallest absolute Gasteiger partial charge is 0.349 e. The Labute approximate surface area is 247 Å². The van der Waals surface area contributed by atoms with E-state index in [1.165, 1.54) is 11.3 Å². The number of benzene rings is 2. The van der Waals surface area contributed by atoms with Gasteiger partial charge in [0.05, 0.1) is 24.4 Å². The van der Waals surface area contributed by atoms with Crippen molar-refractivity contribution in [3.05, 3.63) is 95.0 Å². The Bertz CT molecular complexity index is 1730. The van der Waals surface area contributed by atoms with Crippen LogP contribution >= 0.6 is 34.5 Å². The average Bonchev–Trinajstić information content (AvgIpc) is 3.54. The summed E-state index contributed by atoms with van der Waals surface area (Å²) < 4.78 is 11.2. The molecule has 0 aliphatic carbocycles. The molecule has 4 aromatic rings. The molecule has 1 fully saturated rings. The summed E-state index contributed by atoms with van der Waals surface area (Å²) in [6.07, 6.45) is 0.883. The SMILES string of the molecule is CC(C)(c1nc(-c2ccccc2)c(CCC(=O)OC2CCOC2=O)s1)c1c(Cl)cc(-n2ncc(=O)[nH]c2=O)cc1Cl. The number of hydrogen-bond acceptors (Lipinski definition) is 9. The van der Waals surface area contributed by atoms with Crippen LogP contribution in [0, 0.1) is 0 Å². The van der Waals surface area contributed by atoms with Gasteiger partial charge in [-0.05, 0) is 32.4 Å². The third-order valence-electron chi connectivity index (χ3n) is 6.61. The van der Waals surface area contributed by atoms with E-state index in [-0.39, 0.29) is 28.8 Å². The molecule has 0 saturated carbocycles. The van der Waals surface area contributed by atoms with Crippen LogP contribution in [0.25, 0.3) is 16.9 Å². The molecule has 5 rings (SSSR count). The minimum Gasteiger partial charge on any atom is -0.463 e. The molecule has 1 saturated heterocycles. The first kappa shape index (κ1) is 28.7. The predicted molar refractivity (Wildman–Crippen MR) is 154 cm³/mol. The zero-order valence-corrected chi connectivity index (χ0v) is 24.3. The molecule has 2 aromatic heterocycles. The zero-order chi connectivity index (χ0) is 29.3. The molecule has 0 spiro atoms. The minimum atomic E-state index is -0.860. The molecule has 212 valence electrons. The first-order chi connectivity index (χ1) is 19.5. The fraction of sp³-hybridized carbons (Fsp3) is 0.286. The van der Waals surface area contributed by atoms with E-state index in [9.17, 15) is 19.2 Å². The van der Waals surface area contributed by atoms with Gasteiger partial charge in [-0.3, -0.25) is 14.6 Å². The Hall–Kier alpha value is -3.80. The number of hydrogen-bond donors (Lipinski definition) is 1. The Morgan fingerprint density at radius 3 is 2.51 bits per heavy atom. The lowest BCUT2D eigenvalue weighted by Gasteiger charge is -2.26. The zero-order valence-electron chi connectivity index (χ0n) is 22.0. The normalized spacial score (nSPS) is 15.1.